The number of aliphatic hydroxyl groups excluding tert-OH is 1. The molecule has 2 nitrogen and oxygen atoms in total. The fourth-order valence-corrected chi connectivity index (χ4v) is 1.24. The predicted molar refractivity (Wildman–Crippen MR) is 48.6 cm³/mol. The van der Waals surface area contributed by atoms with E-state index in [2.05, 4.69) is 0 Å². The van der Waals surface area contributed by atoms with E-state index in [-0.39, 0.29) is 29.0 Å². The molecule has 3 atom stereocenters. The number of aliphatic hydroxyl groups is 1. The van der Waals surface area contributed by atoms with Crippen LogP contribution < -0.4 is 0 Å². The van der Waals surface area contributed by atoms with E-state index < -0.39 is 0 Å². The molecule has 0 heterocycles. The number of hydrogen-bond donors (Lipinski definition) is 2. The molecule has 0 spiro atoms. The van der Waals surface area contributed by atoms with Crippen LogP contribution in [0.5, 0.6) is 0 Å². The van der Waals surface area contributed by atoms with Crippen molar-refractivity contribution in [2.75, 3.05) is 6.61 Å². The lowest BCUT2D eigenvalue weighted by atomic mass is 9.93. The molecule has 0 aliphatic heterocycles. The van der Waals surface area contributed by atoms with Gasteiger partial charge in [-0.1, -0.05) is 18.5 Å². The van der Waals surface area contributed by atoms with Crippen molar-refractivity contribution in [2.24, 2.45) is 11.8 Å². The first-order valence-electron chi connectivity index (χ1n) is 3.49. The molecule has 0 saturated carbocycles. The van der Waals surface area contributed by atoms with E-state index >= 15 is 0 Å². The molecule has 4 heteroatoms. The molecule has 0 saturated heterocycles. The van der Waals surface area contributed by atoms with Crippen molar-refractivity contribution >= 4 is 28.4 Å². The van der Waals surface area contributed by atoms with E-state index in [1.807, 2.05) is 13.8 Å². The molecule has 0 bridgehead atoms. The lowest BCUT2D eigenvalue weighted by Gasteiger charge is -2.21. The van der Waals surface area contributed by atoms with Crippen LogP contribution in [0.2, 0.25) is 0 Å². The Labute approximate surface area is 77.0 Å². The highest BCUT2D eigenvalue weighted by Crippen LogP contribution is 2.21. The fourth-order valence-electron chi connectivity index (χ4n) is 0.797. The van der Waals surface area contributed by atoms with Crippen LogP contribution in [0.3, 0.4) is 0 Å². The minimum Gasteiger partial charge on any atom is -0.396 e. The second-order valence-electron chi connectivity index (χ2n) is 2.67. The van der Waals surface area contributed by atoms with Gasteiger partial charge in [0.05, 0.1) is 6.61 Å². The molecule has 0 radical (unpaired) electrons. The number of halogens is 2. The van der Waals surface area contributed by atoms with E-state index in [1.165, 1.54) is 0 Å². The van der Waals surface area contributed by atoms with E-state index in [9.17, 15) is 0 Å². The minimum atomic E-state index is -0.316. The van der Waals surface area contributed by atoms with Gasteiger partial charge in [0.2, 0.25) is 0 Å². The zero-order valence-electron chi connectivity index (χ0n) is 6.64. The molecule has 0 aliphatic carbocycles. The largest absolute Gasteiger partial charge is 0.396 e. The molecule has 0 rings (SSSR count). The Bertz CT molecular complexity index is 138. The zero-order valence-corrected chi connectivity index (χ0v) is 8.15. The lowest BCUT2D eigenvalue weighted by molar-refractivity contribution is 0.226. The summed E-state index contributed by atoms with van der Waals surface area (Å²) in [6.07, 6.45) is 0. The first-order chi connectivity index (χ1) is 5.00. The molecular formula is C7H13Cl2NO. The Balaban J connectivity index is 4.14. The van der Waals surface area contributed by atoms with Crippen molar-refractivity contribution in [3.8, 4) is 0 Å². The van der Waals surface area contributed by atoms with Gasteiger partial charge in [0.15, 0.2) is 0 Å². The van der Waals surface area contributed by atoms with Crippen molar-refractivity contribution < 1.29 is 5.11 Å². The summed E-state index contributed by atoms with van der Waals surface area (Å²) in [5, 5.41) is 15.9. The molecule has 0 aromatic carbocycles. The Morgan fingerprint density at radius 3 is 2.09 bits per heavy atom. The van der Waals surface area contributed by atoms with Gasteiger partial charge in [-0.05, 0) is 12.8 Å². The van der Waals surface area contributed by atoms with Crippen molar-refractivity contribution in [3.63, 3.8) is 0 Å². The zero-order chi connectivity index (χ0) is 9.02. The van der Waals surface area contributed by atoms with Crippen molar-refractivity contribution in [1.29, 1.82) is 5.41 Å². The van der Waals surface area contributed by atoms with Crippen molar-refractivity contribution in [3.05, 3.63) is 0 Å². The van der Waals surface area contributed by atoms with Crippen LogP contribution in [-0.4, -0.2) is 22.3 Å². The van der Waals surface area contributed by atoms with Gasteiger partial charge in [-0.3, -0.25) is 5.41 Å². The summed E-state index contributed by atoms with van der Waals surface area (Å²) >= 11 is 11.2. The molecule has 66 valence electrons. The molecule has 0 aliphatic rings. The summed E-state index contributed by atoms with van der Waals surface area (Å²) in [4.78, 5) is 0. The van der Waals surface area contributed by atoms with Gasteiger partial charge in [0.25, 0.3) is 0 Å². The van der Waals surface area contributed by atoms with E-state index in [4.69, 9.17) is 33.7 Å². The Hall–Kier alpha value is 0.210. The summed E-state index contributed by atoms with van der Waals surface area (Å²) in [5.41, 5.74) is 0. The number of alkyl halides is 1. The summed E-state index contributed by atoms with van der Waals surface area (Å²) in [6.45, 7) is 3.59. The van der Waals surface area contributed by atoms with Gasteiger partial charge in [-0.2, -0.15) is 0 Å². The first-order valence-corrected chi connectivity index (χ1v) is 4.31. The predicted octanol–water partition coefficient (Wildman–Crippen LogP) is 2.07. The second-order valence-corrected chi connectivity index (χ2v) is 3.77. The Morgan fingerprint density at radius 1 is 1.55 bits per heavy atom. The third-order valence-electron chi connectivity index (χ3n) is 1.88. The quantitative estimate of drug-likeness (QED) is 0.527. The Kier molecular flexibility index (Phi) is 5.06. The van der Waals surface area contributed by atoms with Gasteiger partial charge in [0, 0.05) is 11.3 Å². The molecule has 0 amide bonds. The molecular weight excluding hydrogens is 185 g/mol. The normalized spacial score (nSPS) is 19.0. The highest BCUT2D eigenvalue weighted by Gasteiger charge is 2.23. The average molecular weight is 198 g/mol. The van der Waals surface area contributed by atoms with Gasteiger partial charge in [-0.15, -0.1) is 11.6 Å². The van der Waals surface area contributed by atoms with E-state index in [1.54, 1.807) is 0 Å². The summed E-state index contributed by atoms with van der Waals surface area (Å²) < 4.78 is 0. The molecule has 11 heavy (non-hydrogen) atoms. The summed E-state index contributed by atoms with van der Waals surface area (Å²) in [7, 11) is 0. The minimum absolute atomic E-state index is 0.0208. The van der Waals surface area contributed by atoms with Crippen LogP contribution in [0.1, 0.15) is 13.8 Å². The monoisotopic (exact) mass is 197 g/mol. The molecule has 0 aromatic rings. The van der Waals surface area contributed by atoms with Gasteiger partial charge in [0.1, 0.15) is 5.17 Å². The third-order valence-corrected chi connectivity index (χ3v) is 2.56. The number of hydrogen-bond acceptors (Lipinski definition) is 2. The highest BCUT2D eigenvalue weighted by molar-refractivity contribution is 6.65. The number of nitrogens with one attached hydrogen (secondary N) is 1. The molecule has 2 N–H and O–H groups in total. The Morgan fingerprint density at radius 2 is 2.00 bits per heavy atom. The lowest BCUT2D eigenvalue weighted by Crippen LogP contribution is -2.26. The molecule has 0 aromatic heterocycles. The highest BCUT2D eigenvalue weighted by atomic mass is 35.5. The summed E-state index contributed by atoms with van der Waals surface area (Å²) in [6, 6.07) is 0. The first kappa shape index (κ1) is 11.2. The molecule has 0 unspecified atom stereocenters. The molecule has 0 fully saturated rings. The number of rotatable bonds is 4. The summed E-state index contributed by atoms with van der Waals surface area (Å²) in [5.74, 6) is -0.282. The van der Waals surface area contributed by atoms with E-state index in [0.29, 0.717) is 0 Å². The van der Waals surface area contributed by atoms with E-state index in [0.717, 1.165) is 0 Å². The van der Waals surface area contributed by atoms with Gasteiger partial charge < -0.3 is 5.11 Å². The smallest absolute Gasteiger partial charge is 0.103 e. The van der Waals surface area contributed by atoms with Crippen molar-refractivity contribution in [1.82, 2.24) is 0 Å². The average Bonchev–Trinajstić information content (AvgIpc) is 1.88. The SMILES string of the molecule is C[C@@H]([C@H](CO)C(=N)Cl)[C@@H](C)Cl. The second kappa shape index (κ2) is 4.96. The van der Waals surface area contributed by atoms with Crippen LogP contribution >= 0.6 is 23.2 Å². The van der Waals surface area contributed by atoms with Crippen LogP contribution in [0, 0.1) is 17.2 Å². The van der Waals surface area contributed by atoms with Crippen LogP contribution in [0.25, 0.3) is 0 Å². The van der Waals surface area contributed by atoms with Crippen LogP contribution in [-0.2, 0) is 0 Å². The van der Waals surface area contributed by atoms with Crippen LogP contribution in [0.4, 0.5) is 0 Å². The topological polar surface area (TPSA) is 44.1 Å². The van der Waals surface area contributed by atoms with Gasteiger partial charge >= 0.3 is 0 Å². The fraction of sp³-hybridized carbons (Fsp3) is 0.857. The third kappa shape index (κ3) is 3.41. The van der Waals surface area contributed by atoms with Crippen molar-refractivity contribution in [2.45, 2.75) is 19.2 Å². The maximum atomic E-state index is 8.83. The van der Waals surface area contributed by atoms with Crippen LogP contribution in [0.15, 0.2) is 0 Å². The maximum absolute atomic E-state index is 8.83. The van der Waals surface area contributed by atoms with Gasteiger partial charge in [-0.25, -0.2) is 0 Å². The maximum Gasteiger partial charge on any atom is 0.103 e. The standard InChI is InChI=1S/C7H13Cl2NO/c1-4(5(2)8)6(3-11)7(9)10/h4-6,10-11H,3H2,1-2H3/t4-,5-,6+/m1/s1.